The van der Waals surface area contributed by atoms with Gasteiger partial charge in [0.25, 0.3) is 0 Å². The van der Waals surface area contributed by atoms with Gasteiger partial charge >= 0.3 is 0 Å². The van der Waals surface area contributed by atoms with Crippen LogP contribution < -0.4 is 0 Å². The minimum absolute atomic E-state index is 0.325. The third-order valence-electron chi connectivity index (χ3n) is 4.60. The Hall–Kier alpha value is -1.74. The molecule has 2 rings (SSSR count). The fraction of sp³-hybridized carbons (Fsp3) is 0.412. The molecule has 3 atom stereocenters. The molecular weight excluding hydrogens is 252 g/mol. The SMILES string of the molecule is CC1(C=O)CCC=CC1(C)C(=O)C(O)c1ccccc1. The quantitative estimate of drug-likeness (QED) is 0.677. The van der Waals surface area contributed by atoms with Gasteiger partial charge in [-0.05, 0) is 25.3 Å². The second-order valence-corrected chi connectivity index (χ2v) is 5.86. The number of benzene rings is 1. The Bertz CT molecular complexity index is 534. The van der Waals surface area contributed by atoms with Crippen LogP contribution in [0, 0.1) is 10.8 Å². The summed E-state index contributed by atoms with van der Waals surface area (Å²) < 4.78 is 0. The molecule has 106 valence electrons. The number of aliphatic hydroxyl groups is 1. The third-order valence-corrected chi connectivity index (χ3v) is 4.60. The molecule has 0 fully saturated rings. The lowest BCUT2D eigenvalue weighted by atomic mass is 9.58. The number of ketones is 1. The highest BCUT2D eigenvalue weighted by atomic mass is 16.3. The smallest absolute Gasteiger partial charge is 0.176 e. The van der Waals surface area contributed by atoms with Gasteiger partial charge in [0, 0.05) is 5.41 Å². The molecule has 0 bridgehead atoms. The third kappa shape index (κ3) is 2.22. The fourth-order valence-electron chi connectivity index (χ4n) is 2.77. The summed E-state index contributed by atoms with van der Waals surface area (Å²) in [4.78, 5) is 24.2. The number of aliphatic hydroxyl groups excluding tert-OH is 1. The zero-order valence-corrected chi connectivity index (χ0v) is 11.9. The van der Waals surface area contributed by atoms with Gasteiger partial charge in [-0.15, -0.1) is 0 Å². The van der Waals surface area contributed by atoms with Crippen molar-refractivity contribution in [1.82, 2.24) is 0 Å². The molecule has 1 N–H and O–H groups in total. The van der Waals surface area contributed by atoms with E-state index in [0.717, 1.165) is 12.7 Å². The van der Waals surface area contributed by atoms with Gasteiger partial charge in [0.2, 0.25) is 0 Å². The topological polar surface area (TPSA) is 54.4 Å². The predicted molar refractivity (Wildman–Crippen MR) is 77.1 cm³/mol. The highest BCUT2D eigenvalue weighted by Crippen LogP contribution is 2.48. The monoisotopic (exact) mass is 272 g/mol. The first-order valence-electron chi connectivity index (χ1n) is 6.86. The fourth-order valence-corrected chi connectivity index (χ4v) is 2.77. The number of hydrogen-bond acceptors (Lipinski definition) is 3. The molecule has 3 nitrogen and oxygen atoms in total. The standard InChI is InChI=1S/C17H20O3/c1-16(12-18)10-6-7-11-17(16,2)15(20)14(19)13-8-4-3-5-9-13/h3-5,7-9,11-12,14,19H,6,10H2,1-2H3. The molecule has 1 aliphatic rings. The number of rotatable bonds is 4. The van der Waals surface area contributed by atoms with Gasteiger partial charge in [-0.2, -0.15) is 0 Å². The highest BCUT2D eigenvalue weighted by molar-refractivity contribution is 5.94. The van der Waals surface area contributed by atoms with Crippen LogP contribution in [0.25, 0.3) is 0 Å². The summed E-state index contributed by atoms with van der Waals surface area (Å²) in [7, 11) is 0. The lowest BCUT2D eigenvalue weighted by Crippen LogP contribution is -2.47. The van der Waals surface area contributed by atoms with E-state index in [-0.39, 0.29) is 5.78 Å². The van der Waals surface area contributed by atoms with Crippen LogP contribution in [-0.2, 0) is 9.59 Å². The normalized spacial score (nSPS) is 30.8. The summed E-state index contributed by atoms with van der Waals surface area (Å²) in [5.74, 6) is -0.325. The van der Waals surface area contributed by atoms with Crippen molar-refractivity contribution in [3.05, 3.63) is 48.0 Å². The van der Waals surface area contributed by atoms with E-state index >= 15 is 0 Å². The van der Waals surface area contributed by atoms with E-state index in [0.29, 0.717) is 12.0 Å². The zero-order chi connectivity index (χ0) is 14.8. The number of carbonyl (C=O) groups excluding carboxylic acids is 2. The largest absolute Gasteiger partial charge is 0.381 e. The van der Waals surface area contributed by atoms with Gasteiger partial charge in [-0.3, -0.25) is 4.79 Å². The van der Waals surface area contributed by atoms with Gasteiger partial charge < -0.3 is 9.90 Å². The molecule has 3 unspecified atom stereocenters. The molecule has 0 aliphatic heterocycles. The van der Waals surface area contributed by atoms with Crippen molar-refractivity contribution < 1.29 is 14.7 Å². The van der Waals surface area contributed by atoms with Crippen LogP contribution in [0.3, 0.4) is 0 Å². The van der Waals surface area contributed by atoms with Crippen LogP contribution in [0.1, 0.15) is 38.4 Å². The molecule has 0 spiro atoms. The van der Waals surface area contributed by atoms with Crippen molar-refractivity contribution in [2.75, 3.05) is 0 Å². The Morgan fingerprint density at radius 3 is 2.55 bits per heavy atom. The highest BCUT2D eigenvalue weighted by Gasteiger charge is 2.51. The zero-order valence-electron chi connectivity index (χ0n) is 11.9. The summed E-state index contributed by atoms with van der Waals surface area (Å²) in [6, 6.07) is 8.83. The Kier molecular flexibility index (Phi) is 3.91. The first kappa shape index (κ1) is 14.7. The van der Waals surface area contributed by atoms with Crippen LogP contribution in [-0.4, -0.2) is 17.2 Å². The predicted octanol–water partition coefficient (Wildman–Crippen LogP) is 2.85. The summed E-state index contributed by atoms with van der Waals surface area (Å²) >= 11 is 0. The van der Waals surface area contributed by atoms with E-state index < -0.39 is 16.9 Å². The molecule has 0 aromatic heterocycles. The first-order valence-corrected chi connectivity index (χ1v) is 6.86. The lowest BCUT2D eigenvalue weighted by molar-refractivity contribution is -0.145. The van der Waals surface area contributed by atoms with E-state index in [1.807, 2.05) is 12.1 Å². The molecule has 0 amide bonds. The maximum Gasteiger partial charge on any atom is 0.176 e. The Balaban J connectivity index is 2.38. The summed E-state index contributed by atoms with van der Waals surface area (Å²) in [5.41, 5.74) is -1.18. The molecule has 20 heavy (non-hydrogen) atoms. The summed E-state index contributed by atoms with van der Waals surface area (Å²) in [6.45, 7) is 3.53. The molecular formula is C17H20O3. The molecule has 0 heterocycles. The Labute approximate surface area is 119 Å². The van der Waals surface area contributed by atoms with Crippen LogP contribution >= 0.6 is 0 Å². The van der Waals surface area contributed by atoms with Gasteiger partial charge in [0.1, 0.15) is 12.4 Å². The van der Waals surface area contributed by atoms with Crippen molar-refractivity contribution in [2.45, 2.75) is 32.8 Å². The number of carbonyl (C=O) groups is 2. The van der Waals surface area contributed by atoms with Gasteiger partial charge in [-0.1, -0.05) is 49.4 Å². The molecule has 1 aromatic rings. The number of allylic oxidation sites excluding steroid dienone is 2. The van der Waals surface area contributed by atoms with Crippen LogP contribution in [0.4, 0.5) is 0 Å². The summed E-state index contributed by atoms with van der Waals surface area (Å²) in [5, 5.41) is 10.3. The number of hydrogen-bond donors (Lipinski definition) is 1. The van der Waals surface area contributed by atoms with Crippen molar-refractivity contribution in [1.29, 1.82) is 0 Å². The van der Waals surface area contributed by atoms with Gasteiger partial charge in [0.05, 0.1) is 5.41 Å². The second-order valence-electron chi connectivity index (χ2n) is 5.86. The van der Waals surface area contributed by atoms with Crippen molar-refractivity contribution >= 4 is 12.1 Å². The van der Waals surface area contributed by atoms with Crippen molar-refractivity contribution in [2.24, 2.45) is 10.8 Å². The van der Waals surface area contributed by atoms with Crippen LogP contribution in [0.15, 0.2) is 42.5 Å². The van der Waals surface area contributed by atoms with E-state index in [1.54, 1.807) is 44.2 Å². The minimum Gasteiger partial charge on any atom is -0.381 e. The molecule has 1 aromatic carbocycles. The van der Waals surface area contributed by atoms with E-state index in [1.165, 1.54) is 0 Å². The average molecular weight is 272 g/mol. The first-order chi connectivity index (χ1) is 9.44. The summed E-state index contributed by atoms with van der Waals surface area (Å²) in [6.07, 6.45) is 4.74. The molecule has 0 saturated heterocycles. The van der Waals surface area contributed by atoms with Gasteiger partial charge in [-0.25, -0.2) is 0 Å². The van der Waals surface area contributed by atoms with Crippen LogP contribution in [0.2, 0.25) is 0 Å². The molecule has 3 heteroatoms. The van der Waals surface area contributed by atoms with E-state index in [4.69, 9.17) is 0 Å². The number of Topliss-reactive ketones (excluding diaryl/α,β-unsaturated/α-hetero) is 1. The average Bonchev–Trinajstić information content (AvgIpc) is 2.49. The second kappa shape index (κ2) is 5.33. The maximum atomic E-state index is 12.7. The van der Waals surface area contributed by atoms with E-state index in [9.17, 15) is 14.7 Å². The minimum atomic E-state index is -1.21. The molecule has 0 radical (unpaired) electrons. The Morgan fingerprint density at radius 1 is 1.30 bits per heavy atom. The lowest BCUT2D eigenvalue weighted by Gasteiger charge is -2.43. The van der Waals surface area contributed by atoms with Gasteiger partial charge in [0.15, 0.2) is 5.78 Å². The molecule has 1 aliphatic carbocycles. The van der Waals surface area contributed by atoms with E-state index in [2.05, 4.69) is 0 Å². The molecule has 0 saturated carbocycles. The van der Waals surface area contributed by atoms with Crippen molar-refractivity contribution in [3.8, 4) is 0 Å². The maximum absolute atomic E-state index is 12.7. The number of aldehydes is 1. The Morgan fingerprint density at radius 2 is 1.95 bits per heavy atom. The van der Waals surface area contributed by atoms with Crippen LogP contribution in [0.5, 0.6) is 0 Å². The van der Waals surface area contributed by atoms with Crippen molar-refractivity contribution in [3.63, 3.8) is 0 Å².